The Morgan fingerprint density at radius 2 is 1.22 bits per heavy atom. The molecule has 0 N–H and O–H groups in total. The molecule has 0 aliphatic rings. The van der Waals surface area contributed by atoms with E-state index in [-0.39, 0.29) is 0 Å². The third-order valence-corrected chi connectivity index (χ3v) is 5.59. The molecular weight excluding hydrogens is 393 g/mol. The van der Waals surface area contributed by atoms with E-state index in [0.29, 0.717) is 17.5 Å². The smallest absolute Gasteiger partial charge is 0.167 e. The van der Waals surface area contributed by atoms with Gasteiger partial charge < -0.3 is 4.42 Å². The summed E-state index contributed by atoms with van der Waals surface area (Å²) in [4.78, 5) is 14.5. The molecule has 32 heavy (non-hydrogen) atoms. The molecule has 0 bridgehead atoms. The predicted molar refractivity (Wildman–Crippen MR) is 132 cm³/mol. The second-order valence-electron chi connectivity index (χ2n) is 7.82. The summed E-state index contributed by atoms with van der Waals surface area (Å²) >= 11 is 0. The summed E-state index contributed by atoms with van der Waals surface area (Å²) in [5.41, 5.74) is 5.56. The van der Waals surface area contributed by atoms with Crippen molar-refractivity contribution in [2.75, 3.05) is 0 Å². The summed E-state index contributed by atoms with van der Waals surface area (Å²) < 4.78 is 6.25. The first kappa shape index (κ1) is 18.5. The third kappa shape index (κ3) is 3.15. The molecule has 0 radical (unpaired) electrons. The third-order valence-electron chi connectivity index (χ3n) is 5.59. The Morgan fingerprint density at radius 1 is 0.562 bits per heavy atom. The standard InChI is InChI=1S/C27H18BN3O/c28-19-11-6-10-18(16-19)26-29-25(17-8-2-1-3-9-17)30-27(31-26)22-14-7-13-21-20-12-4-5-15-23(20)32-24(21)22/h1-16H,28H2. The van der Waals surface area contributed by atoms with Crippen LogP contribution in [-0.2, 0) is 0 Å². The van der Waals surface area contributed by atoms with E-state index in [9.17, 15) is 0 Å². The minimum absolute atomic E-state index is 0.597. The molecule has 4 aromatic carbocycles. The van der Waals surface area contributed by atoms with Gasteiger partial charge in [0, 0.05) is 21.9 Å². The van der Waals surface area contributed by atoms with Crippen LogP contribution in [0.25, 0.3) is 56.1 Å². The van der Waals surface area contributed by atoms with Gasteiger partial charge in [-0.15, -0.1) is 0 Å². The second-order valence-corrected chi connectivity index (χ2v) is 7.82. The van der Waals surface area contributed by atoms with Gasteiger partial charge in [-0.2, -0.15) is 0 Å². The van der Waals surface area contributed by atoms with E-state index in [1.54, 1.807) is 0 Å². The fourth-order valence-electron chi connectivity index (χ4n) is 4.05. The highest BCUT2D eigenvalue weighted by Crippen LogP contribution is 2.35. The fraction of sp³-hybridized carbons (Fsp3) is 0. The first-order chi connectivity index (χ1) is 15.8. The highest BCUT2D eigenvalue weighted by Gasteiger charge is 2.17. The van der Waals surface area contributed by atoms with Crippen molar-refractivity contribution in [2.45, 2.75) is 0 Å². The van der Waals surface area contributed by atoms with Gasteiger partial charge in [0.2, 0.25) is 0 Å². The lowest BCUT2D eigenvalue weighted by atomic mass is 9.94. The summed E-state index contributed by atoms with van der Waals surface area (Å²) in [5.74, 6) is 1.88. The SMILES string of the molecule is Bc1cccc(-c2nc(-c3ccccc3)nc(-c3cccc4c3oc3ccccc34)n2)c1. The maximum atomic E-state index is 6.25. The number of para-hydroxylation sites is 2. The number of benzene rings is 4. The fourth-order valence-corrected chi connectivity index (χ4v) is 4.05. The van der Waals surface area contributed by atoms with Gasteiger partial charge in [0.05, 0.1) is 5.56 Å². The molecule has 0 saturated heterocycles. The number of aromatic nitrogens is 3. The van der Waals surface area contributed by atoms with E-state index < -0.39 is 0 Å². The topological polar surface area (TPSA) is 51.8 Å². The van der Waals surface area contributed by atoms with E-state index in [4.69, 9.17) is 19.4 Å². The van der Waals surface area contributed by atoms with Crippen molar-refractivity contribution < 1.29 is 4.42 Å². The van der Waals surface area contributed by atoms with E-state index in [0.717, 1.165) is 44.1 Å². The normalized spacial score (nSPS) is 11.2. The van der Waals surface area contributed by atoms with Crippen molar-refractivity contribution >= 4 is 35.2 Å². The van der Waals surface area contributed by atoms with Crippen molar-refractivity contribution in [3.8, 4) is 34.2 Å². The molecule has 2 aromatic heterocycles. The number of furan rings is 1. The molecule has 0 amide bonds. The zero-order chi connectivity index (χ0) is 21.5. The largest absolute Gasteiger partial charge is 0.455 e. The van der Waals surface area contributed by atoms with Crippen LogP contribution in [0.1, 0.15) is 0 Å². The Kier molecular flexibility index (Phi) is 4.32. The zero-order valence-corrected chi connectivity index (χ0v) is 17.5. The van der Waals surface area contributed by atoms with Crippen molar-refractivity contribution in [1.82, 2.24) is 15.0 Å². The lowest BCUT2D eigenvalue weighted by molar-refractivity contribution is 0.669. The number of rotatable bonds is 3. The molecule has 4 nitrogen and oxygen atoms in total. The van der Waals surface area contributed by atoms with Gasteiger partial charge in [-0.05, 0) is 12.1 Å². The summed E-state index contributed by atoms with van der Waals surface area (Å²) in [6.45, 7) is 0. The van der Waals surface area contributed by atoms with Gasteiger partial charge in [0.1, 0.15) is 19.0 Å². The molecule has 150 valence electrons. The van der Waals surface area contributed by atoms with Gasteiger partial charge in [-0.25, -0.2) is 15.0 Å². The molecule has 0 fully saturated rings. The number of hydrogen-bond acceptors (Lipinski definition) is 4. The Bertz CT molecular complexity index is 1590. The van der Waals surface area contributed by atoms with E-state index in [1.165, 1.54) is 0 Å². The number of fused-ring (bicyclic) bond motifs is 3. The van der Waals surface area contributed by atoms with Crippen LogP contribution < -0.4 is 5.46 Å². The Balaban J connectivity index is 1.63. The Hall–Kier alpha value is -4.25. The Labute approximate surface area is 186 Å². The molecule has 0 aliphatic heterocycles. The van der Waals surface area contributed by atoms with Crippen LogP contribution in [0.15, 0.2) is 101 Å². The van der Waals surface area contributed by atoms with Crippen LogP contribution in [0.3, 0.4) is 0 Å². The lowest BCUT2D eigenvalue weighted by Gasteiger charge is -2.09. The highest BCUT2D eigenvalue weighted by molar-refractivity contribution is 6.32. The van der Waals surface area contributed by atoms with Gasteiger partial charge in [-0.3, -0.25) is 0 Å². The van der Waals surface area contributed by atoms with Gasteiger partial charge in [0.25, 0.3) is 0 Å². The molecule has 0 saturated carbocycles. The lowest BCUT2D eigenvalue weighted by Crippen LogP contribution is -2.04. The van der Waals surface area contributed by atoms with Crippen LogP contribution in [0, 0.1) is 0 Å². The monoisotopic (exact) mass is 411 g/mol. The van der Waals surface area contributed by atoms with Crippen molar-refractivity contribution in [2.24, 2.45) is 0 Å². The zero-order valence-electron chi connectivity index (χ0n) is 17.5. The molecule has 6 aromatic rings. The minimum Gasteiger partial charge on any atom is -0.455 e. The second kappa shape index (κ2) is 7.47. The van der Waals surface area contributed by atoms with Crippen LogP contribution in [0.5, 0.6) is 0 Å². The quantitative estimate of drug-likeness (QED) is 0.384. The molecule has 2 heterocycles. The van der Waals surface area contributed by atoms with Crippen LogP contribution >= 0.6 is 0 Å². The van der Waals surface area contributed by atoms with Crippen LogP contribution in [-0.4, -0.2) is 22.8 Å². The molecule has 0 unspecified atom stereocenters. The first-order valence-corrected chi connectivity index (χ1v) is 10.6. The van der Waals surface area contributed by atoms with E-state index in [2.05, 4.69) is 32.1 Å². The minimum atomic E-state index is 0.597. The molecule has 5 heteroatoms. The Morgan fingerprint density at radius 3 is 2.06 bits per heavy atom. The van der Waals surface area contributed by atoms with Gasteiger partial charge in [-0.1, -0.05) is 90.4 Å². The first-order valence-electron chi connectivity index (χ1n) is 10.6. The summed E-state index contributed by atoms with van der Waals surface area (Å²) in [6.07, 6.45) is 0. The van der Waals surface area contributed by atoms with E-state index in [1.807, 2.05) is 72.8 Å². The average molecular weight is 411 g/mol. The molecule has 0 atom stereocenters. The molecule has 0 spiro atoms. The van der Waals surface area contributed by atoms with E-state index >= 15 is 0 Å². The molecule has 0 aliphatic carbocycles. The summed E-state index contributed by atoms with van der Waals surface area (Å²) in [6, 6.07) is 32.4. The van der Waals surface area contributed by atoms with Gasteiger partial charge in [0.15, 0.2) is 17.5 Å². The maximum Gasteiger partial charge on any atom is 0.167 e. The maximum absolute atomic E-state index is 6.25. The summed E-state index contributed by atoms with van der Waals surface area (Å²) in [5, 5.41) is 2.14. The predicted octanol–water partition coefficient (Wildman–Crippen LogP) is 5.03. The van der Waals surface area contributed by atoms with Gasteiger partial charge >= 0.3 is 0 Å². The van der Waals surface area contributed by atoms with Crippen molar-refractivity contribution in [3.05, 3.63) is 97.1 Å². The number of nitrogens with zero attached hydrogens (tertiary/aromatic N) is 3. The molecular formula is C27H18BN3O. The number of hydrogen-bond donors (Lipinski definition) is 0. The van der Waals surface area contributed by atoms with Crippen LogP contribution in [0.4, 0.5) is 0 Å². The van der Waals surface area contributed by atoms with Crippen molar-refractivity contribution in [1.29, 1.82) is 0 Å². The molecule has 6 rings (SSSR count). The summed E-state index contributed by atoms with van der Waals surface area (Å²) in [7, 11) is 2.07. The van der Waals surface area contributed by atoms with Crippen molar-refractivity contribution in [3.63, 3.8) is 0 Å². The van der Waals surface area contributed by atoms with Crippen LogP contribution in [0.2, 0.25) is 0 Å². The average Bonchev–Trinajstić information content (AvgIpc) is 3.23. The highest BCUT2D eigenvalue weighted by atomic mass is 16.3.